The Morgan fingerprint density at radius 2 is 1.64 bits per heavy atom. The first-order chi connectivity index (χ1) is 16.9. The van der Waals surface area contributed by atoms with Gasteiger partial charge in [0.1, 0.15) is 5.82 Å². The van der Waals surface area contributed by atoms with Crippen molar-refractivity contribution in [3.63, 3.8) is 0 Å². The second-order valence-corrected chi connectivity index (χ2v) is 9.03. The number of hydrogen-bond acceptors (Lipinski definition) is 4. The Kier molecular flexibility index (Phi) is 9.43. The van der Waals surface area contributed by atoms with Crippen molar-refractivity contribution >= 4 is 27.3 Å². The van der Waals surface area contributed by atoms with E-state index in [0.29, 0.717) is 0 Å². The number of hydrogen-bond donors (Lipinski definition) is 1. The second kappa shape index (κ2) is 12.5. The van der Waals surface area contributed by atoms with Crippen LogP contribution < -0.4 is 0 Å². The van der Waals surface area contributed by atoms with Crippen LogP contribution in [0.5, 0.6) is 0 Å². The van der Waals surface area contributed by atoms with E-state index in [4.69, 9.17) is 10.1 Å². The van der Waals surface area contributed by atoms with Crippen LogP contribution in [0.4, 0.5) is 4.39 Å². The van der Waals surface area contributed by atoms with E-state index in [9.17, 15) is 9.18 Å². The number of aliphatic hydroxyl groups excluding tert-OH is 1. The molecule has 0 aliphatic heterocycles. The summed E-state index contributed by atoms with van der Waals surface area (Å²) in [6, 6.07) is 32.5. The molecule has 2 aromatic heterocycles. The van der Waals surface area contributed by atoms with Crippen LogP contribution >= 0.6 is 11.3 Å². The molecule has 0 saturated heterocycles. The Morgan fingerprint density at radius 3 is 2.28 bits per heavy atom. The van der Waals surface area contributed by atoms with Gasteiger partial charge in [-0.1, -0.05) is 48.5 Å². The number of thiophene rings is 1. The van der Waals surface area contributed by atoms with Crippen LogP contribution in [0.1, 0.15) is 13.8 Å². The molecule has 0 bridgehead atoms. The molecule has 183 valence electrons. The number of aromatic nitrogens is 1. The predicted octanol–water partition coefficient (Wildman–Crippen LogP) is 8.27. The minimum Gasteiger partial charge on any atom is -0.512 e. The standard InChI is InChI=1S/C25H15FNS.C5H8O2.Ir/c26-21-11-9-18(10-12-21)25-16-23-24(28-25)14-13-22(27-23)20-8-4-7-19(15-20)17-5-2-1-3-6-17;1-4(6)3-5(2)7;/h1-7,9-16H;3,6H,1-2H3;/q-1;;/b;4-3-;. The van der Waals surface area contributed by atoms with Crippen LogP contribution in [0.15, 0.2) is 103 Å². The molecule has 1 radical (unpaired) electrons. The zero-order valence-electron chi connectivity index (χ0n) is 19.7. The molecule has 1 N–H and O–H groups in total. The molecule has 6 heteroatoms. The molecule has 5 aromatic rings. The van der Waals surface area contributed by atoms with Gasteiger partial charge in [0.05, 0.1) is 16.0 Å². The van der Waals surface area contributed by atoms with Gasteiger partial charge < -0.3 is 5.11 Å². The van der Waals surface area contributed by atoms with E-state index in [1.54, 1.807) is 23.5 Å². The van der Waals surface area contributed by atoms with Gasteiger partial charge in [0.15, 0.2) is 5.78 Å². The first kappa shape index (κ1) is 27.2. The summed E-state index contributed by atoms with van der Waals surface area (Å²) in [4.78, 5) is 16.0. The van der Waals surface area contributed by atoms with Crippen molar-refractivity contribution in [2.45, 2.75) is 13.8 Å². The molecule has 36 heavy (non-hydrogen) atoms. The van der Waals surface area contributed by atoms with Crippen molar-refractivity contribution in [1.29, 1.82) is 0 Å². The molecule has 0 aliphatic rings. The molecule has 0 unspecified atom stereocenters. The van der Waals surface area contributed by atoms with Crippen molar-refractivity contribution in [2.24, 2.45) is 0 Å². The van der Waals surface area contributed by atoms with Crippen LogP contribution in [-0.2, 0) is 24.9 Å². The van der Waals surface area contributed by atoms with E-state index in [-0.39, 0.29) is 37.5 Å². The molecule has 0 saturated carbocycles. The summed E-state index contributed by atoms with van der Waals surface area (Å²) in [7, 11) is 0. The molecule has 0 amide bonds. The van der Waals surface area contributed by atoms with E-state index in [1.165, 1.54) is 37.6 Å². The molecule has 0 spiro atoms. The number of carbonyl (C=O) groups excluding carboxylic acids is 1. The fraction of sp³-hybridized carbons (Fsp3) is 0.0667. The van der Waals surface area contributed by atoms with Crippen LogP contribution in [-0.4, -0.2) is 15.9 Å². The molecule has 0 atom stereocenters. The number of aliphatic hydroxyl groups is 1. The van der Waals surface area contributed by atoms with Crippen molar-refractivity contribution in [3.05, 3.63) is 115 Å². The van der Waals surface area contributed by atoms with Gasteiger partial charge in [0, 0.05) is 31.1 Å². The van der Waals surface area contributed by atoms with Crippen molar-refractivity contribution in [2.75, 3.05) is 0 Å². The van der Waals surface area contributed by atoms with Crippen molar-refractivity contribution in [1.82, 2.24) is 4.98 Å². The molecule has 0 aliphatic carbocycles. The third-order valence-corrected chi connectivity index (χ3v) is 6.24. The fourth-order valence-corrected chi connectivity index (χ4v) is 4.56. The Bertz CT molecular complexity index is 1490. The van der Waals surface area contributed by atoms with Crippen LogP contribution in [0.2, 0.25) is 0 Å². The summed E-state index contributed by atoms with van der Waals surface area (Å²) in [5.74, 6) is -0.286. The van der Waals surface area contributed by atoms with Crippen LogP contribution in [0.3, 0.4) is 0 Å². The van der Waals surface area contributed by atoms with Crippen molar-refractivity contribution in [3.8, 4) is 32.8 Å². The number of benzene rings is 3. The van der Waals surface area contributed by atoms with Gasteiger partial charge in [0.25, 0.3) is 0 Å². The van der Waals surface area contributed by atoms with Gasteiger partial charge in [-0.25, -0.2) is 4.39 Å². The second-order valence-electron chi connectivity index (χ2n) is 7.95. The van der Waals surface area contributed by atoms with Gasteiger partial charge >= 0.3 is 0 Å². The maximum absolute atomic E-state index is 13.2. The average Bonchev–Trinajstić information content (AvgIpc) is 3.28. The smallest absolute Gasteiger partial charge is 0.155 e. The van der Waals surface area contributed by atoms with Crippen LogP contribution in [0, 0.1) is 11.9 Å². The number of rotatable bonds is 4. The third-order valence-electron chi connectivity index (χ3n) is 5.10. The largest absolute Gasteiger partial charge is 0.512 e. The number of fused-ring (bicyclic) bond motifs is 1. The topological polar surface area (TPSA) is 50.2 Å². The molecule has 5 rings (SSSR count). The Morgan fingerprint density at radius 1 is 0.917 bits per heavy atom. The molecule has 2 heterocycles. The first-order valence-corrected chi connectivity index (χ1v) is 11.8. The zero-order chi connectivity index (χ0) is 24.8. The summed E-state index contributed by atoms with van der Waals surface area (Å²) in [6.45, 7) is 2.85. The van der Waals surface area contributed by atoms with Gasteiger partial charge in [-0.3, -0.25) is 9.78 Å². The number of halogens is 1. The molecular formula is C30H23FIrNO2S-. The number of pyridine rings is 1. The maximum atomic E-state index is 13.2. The minimum absolute atomic E-state index is 0. The molecule has 3 nitrogen and oxygen atoms in total. The van der Waals surface area contributed by atoms with Gasteiger partial charge in [-0.05, 0) is 54.9 Å². The maximum Gasteiger partial charge on any atom is 0.155 e. The number of ketones is 1. The van der Waals surface area contributed by atoms with E-state index in [2.05, 4.69) is 42.5 Å². The number of nitrogens with zero attached hydrogens (tertiary/aromatic N) is 1. The summed E-state index contributed by atoms with van der Waals surface area (Å²) >= 11 is 1.66. The zero-order valence-corrected chi connectivity index (χ0v) is 22.9. The summed E-state index contributed by atoms with van der Waals surface area (Å²) in [5, 5.41) is 8.36. The molecule has 3 aromatic carbocycles. The van der Waals surface area contributed by atoms with E-state index in [1.807, 2.05) is 30.3 Å². The van der Waals surface area contributed by atoms with Crippen LogP contribution in [0.25, 0.3) is 43.0 Å². The number of allylic oxidation sites excluding steroid dienone is 2. The summed E-state index contributed by atoms with van der Waals surface area (Å²) < 4.78 is 14.3. The quantitative estimate of drug-likeness (QED) is 0.119. The Labute approximate surface area is 227 Å². The number of carbonyl (C=O) groups is 1. The first-order valence-electron chi connectivity index (χ1n) is 11.0. The fourth-order valence-electron chi connectivity index (χ4n) is 3.55. The average molecular weight is 673 g/mol. The monoisotopic (exact) mass is 673 g/mol. The Hall–Kier alpha value is -3.44. The minimum atomic E-state index is -0.223. The van der Waals surface area contributed by atoms with Crippen molar-refractivity contribution < 1.29 is 34.4 Å². The predicted molar refractivity (Wildman–Crippen MR) is 142 cm³/mol. The Balaban J connectivity index is 0.000000400. The third kappa shape index (κ3) is 7.05. The van der Waals surface area contributed by atoms with Gasteiger partial charge in [-0.15, -0.1) is 46.7 Å². The van der Waals surface area contributed by atoms with Gasteiger partial charge in [0.2, 0.25) is 0 Å². The molecular weight excluding hydrogens is 650 g/mol. The summed E-state index contributed by atoms with van der Waals surface area (Å²) in [5.41, 5.74) is 6.14. The van der Waals surface area contributed by atoms with E-state index >= 15 is 0 Å². The van der Waals surface area contributed by atoms with Gasteiger partial charge in [-0.2, -0.15) is 0 Å². The van der Waals surface area contributed by atoms with E-state index < -0.39 is 0 Å². The molecule has 0 fully saturated rings. The normalized spacial score (nSPS) is 10.8. The summed E-state index contributed by atoms with van der Waals surface area (Å²) in [6.07, 6.45) is 1.17. The SMILES string of the molecule is CC(=O)/C=C(/C)O.Fc1ccc(-c2cc3nc(-c4[c-]ccc(-c5ccccc5)c4)ccc3s2)cc1.[Ir]. The van der Waals surface area contributed by atoms with E-state index in [0.717, 1.165) is 37.5 Å².